The predicted octanol–water partition coefficient (Wildman–Crippen LogP) is 2.53. The summed E-state index contributed by atoms with van der Waals surface area (Å²) >= 11 is 0. The highest BCUT2D eigenvalue weighted by Gasteiger charge is 2.14. The van der Waals surface area contributed by atoms with E-state index in [9.17, 15) is 4.79 Å². The van der Waals surface area contributed by atoms with Crippen LogP contribution in [-0.2, 0) is 11.2 Å². The van der Waals surface area contributed by atoms with Crippen molar-refractivity contribution in [3.8, 4) is 0 Å². The molecule has 1 radical (unpaired) electrons. The Kier molecular flexibility index (Phi) is 2.53. The molecular weight excluding hydrogens is 174 g/mol. The molecule has 1 aromatic rings. The minimum Gasteiger partial charge on any atom is -0.326 e. The average Bonchev–Trinajstić information content (AvgIpc) is 2.19. The van der Waals surface area contributed by atoms with Crippen LogP contribution in [0, 0.1) is 6.42 Å². The second kappa shape index (κ2) is 3.82. The van der Waals surface area contributed by atoms with Crippen molar-refractivity contribution in [2.24, 2.45) is 0 Å². The predicted molar refractivity (Wildman–Crippen MR) is 57.1 cm³/mol. The van der Waals surface area contributed by atoms with Gasteiger partial charge in [-0.2, -0.15) is 0 Å². The first-order valence-electron chi connectivity index (χ1n) is 5.05. The number of benzene rings is 1. The highest BCUT2D eigenvalue weighted by molar-refractivity contribution is 5.93. The Balaban J connectivity index is 2.26. The zero-order chi connectivity index (χ0) is 9.97. The molecule has 1 aromatic carbocycles. The van der Waals surface area contributed by atoms with Gasteiger partial charge in [0.15, 0.2) is 0 Å². The van der Waals surface area contributed by atoms with Crippen molar-refractivity contribution in [3.05, 3.63) is 35.7 Å². The highest BCUT2D eigenvalue weighted by Crippen LogP contribution is 2.24. The van der Waals surface area contributed by atoms with Gasteiger partial charge in [0.2, 0.25) is 5.91 Å². The molecule has 0 saturated carbocycles. The first kappa shape index (κ1) is 9.25. The van der Waals surface area contributed by atoms with Gasteiger partial charge in [-0.25, -0.2) is 0 Å². The number of hydrogen-bond donors (Lipinski definition) is 1. The number of rotatable bonds is 2. The monoisotopic (exact) mass is 188 g/mol. The summed E-state index contributed by atoms with van der Waals surface area (Å²) in [6.45, 7) is 2.13. The van der Waals surface area contributed by atoms with E-state index in [2.05, 4.69) is 24.7 Å². The van der Waals surface area contributed by atoms with Crippen LogP contribution in [0.5, 0.6) is 0 Å². The summed E-state index contributed by atoms with van der Waals surface area (Å²) in [6.07, 6.45) is 4.72. The topological polar surface area (TPSA) is 29.1 Å². The number of carbonyl (C=O) groups is 1. The lowest BCUT2D eigenvalue weighted by molar-refractivity contribution is -0.116. The molecule has 1 heterocycles. The molecule has 1 aliphatic heterocycles. The molecular formula is C12H14NO. The van der Waals surface area contributed by atoms with Gasteiger partial charge in [0.05, 0.1) is 0 Å². The molecule has 14 heavy (non-hydrogen) atoms. The van der Waals surface area contributed by atoms with E-state index in [1.807, 2.05) is 12.1 Å². The molecule has 1 aliphatic rings. The zero-order valence-corrected chi connectivity index (χ0v) is 8.34. The maximum Gasteiger partial charge on any atom is 0.224 e. The van der Waals surface area contributed by atoms with Gasteiger partial charge in [0, 0.05) is 12.1 Å². The molecule has 0 aliphatic carbocycles. The normalized spacial score (nSPS) is 14.8. The van der Waals surface area contributed by atoms with E-state index in [1.54, 1.807) is 0 Å². The van der Waals surface area contributed by atoms with Crippen LogP contribution in [0.15, 0.2) is 18.2 Å². The lowest BCUT2D eigenvalue weighted by Crippen LogP contribution is -2.18. The van der Waals surface area contributed by atoms with E-state index < -0.39 is 0 Å². The molecule has 1 amide bonds. The van der Waals surface area contributed by atoms with Gasteiger partial charge in [-0.15, -0.1) is 0 Å². The third-order valence-electron chi connectivity index (χ3n) is 2.46. The lowest BCUT2D eigenvalue weighted by Gasteiger charge is -2.17. The summed E-state index contributed by atoms with van der Waals surface area (Å²) in [4.78, 5) is 11.1. The van der Waals surface area contributed by atoms with Crippen LogP contribution in [0.4, 0.5) is 5.69 Å². The Morgan fingerprint density at radius 1 is 1.43 bits per heavy atom. The molecule has 2 rings (SSSR count). The number of nitrogens with one attached hydrogen (secondary N) is 1. The van der Waals surface area contributed by atoms with Crippen LogP contribution in [0.1, 0.15) is 30.9 Å². The molecule has 2 heteroatoms. The van der Waals surface area contributed by atoms with E-state index in [0.29, 0.717) is 6.42 Å². The summed E-state index contributed by atoms with van der Waals surface area (Å²) in [5, 5.41) is 2.88. The standard InChI is InChI=1S/C12H14NO/c1-2-3-9-4-6-11-10(8-9)5-7-12(14)13-11/h3-4,6,8H,2,5,7H2,1H3,(H,13,14). The second-order valence-corrected chi connectivity index (χ2v) is 3.58. The number of carbonyl (C=O) groups excluding carboxylic acids is 1. The Morgan fingerprint density at radius 3 is 3.07 bits per heavy atom. The molecule has 0 aromatic heterocycles. The minimum absolute atomic E-state index is 0.129. The fraction of sp³-hybridized carbons (Fsp3) is 0.333. The van der Waals surface area contributed by atoms with Crippen molar-refractivity contribution < 1.29 is 4.79 Å². The van der Waals surface area contributed by atoms with Crippen molar-refractivity contribution in [2.45, 2.75) is 26.2 Å². The number of fused-ring (bicyclic) bond motifs is 1. The molecule has 0 spiro atoms. The maximum atomic E-state index is 11.1. The van der Waals surface area contributed by atoms with E-state index in [0.717, 1.165) is 18.5 Å². The fourth-order valence-electron chi connectivity index (χ4n) is 1.77. The van der Waals surface area contributed by atoms with Crippen LogP contribution < -0.4 is 5.32 Å². The molecule has 1 N–H and O–H groups in total. The molecule has 73 valence electrons. The van der Waals surface area contributed by atoms with E-state index in [4.69, 9.17) is 0 Å². The lowest BCUT2D eigenvalue weighted by atomic mass is 9.99. The van der Waals surface area contributed by atoms with Gasteiger partial charge in [-0.1, -0.05) is 19.1 Å². The first-order chi connectivity index (χ1) is 6.79. The summed E-state index contributed by atoms with van der Waals surface area (Å²) in [7, 11) is 0. The third-order valence-corrected chi connectivity index (χ3v) is 2.46. The minimum atomic E-state index is 0.129. The summed E-state index contributed by atoms with van der Waals surface area (Å²) in [5.41, 5.74) is 3.49. The van der Waals surface area contributed by atoms with Crippen molar-refractivity contribution >= 4 is 11.6 Å². The molecule has 0 saturated heterocycles. The van der Waals surface area contributed by atoms with Crippen LogP contribution in [0.25, 0.3) is 0 Å². The number of aryl methyl sites for hydroxylation is 1. The van der Waals surface area contributed by atoms with Gasteiger partial charge in [0.25, 0.3) is 0 Å². The Morgan fingerprint density at radius 2 is 2.29 bits per heavy atom. The summed E-state index contributed by atoms with van der Waals surface area (Å²) < 4.78 is 0. The van der Waals surface area contributed by atoms with E-state index in [-0.39, 0.29) is 5.91 Å². The van der Waals surface area contributed by atoms with Crippen LogP contribution in [0.2, 0.25) is 0 Å². The van der Waals surface area contributed by atoms with Gasteiger partial charge < -0.3 is 5.32 Å². The van der Waals surface area contributed by atoms with Crippen LogP contribution in [0.3, 0.4) is 0 Å². The molecule has 2 nitrogen and oxygen atoms in total. The summed E-state index contributed by atoms with van der Waals surface area (Å²) in [6, 6.07) is 6.21. The number of amides is 1. The fourth-order valence-corrected chi connectivity index (χ4v) is 1.77. The zero-order valence-electron chi connectivity index (χ0n) is 8.34. The van der Waals surface area contributed by atoms with Crippen molar-refractivity contribution in [1.82, 2.24) is 0 Å². The summed E-state index contributed by atoms with van der Waals surface area (Å²) in [5.74, 6) is 0.129. The van der Waals surface area contributed by atoms with Crippen molar-refractivity contribution in [1.29, 1.82) is 0 Å². The largest absolute Gasteiger partial charge is 0.326 e. The van der Waals surface area contributed by atoms with Gasteiger partial charge in [0.1, 0.15) is 0 Å². The first-order valence-corrected chi connectivity index (χ1v) is 5.05. The molecule has 0 fully saturated rings. The number of hydrogen-bond acceptors (Lipinski definition) is 1. The van der Waals surface area contributed by atoms with Gasteiger partial charge >= 0.3 is 0 Å². The average molecular weight is 188 g/mol. The molecule has 0 bridgehead atoms. The van der Waals surface area contributed by atoms with Crippen LogP contribution >= 0.6 is 0 Å². The highest BCUT2D eigenvalue weighted by atomic mass is 16.1. The van der Waals surface area contributed by atoms with Crippen LogP contribution in [-0.4, -0.2) is 5.91 Å². The SMILES string of the molecule is CC[CH]c1ccc2c(c1)CCC(=O)N2. The smallest absolute Gasteiger partial charge is 0.224 e. The Labute approximate surface area is 84.3 Å². The van der Waals surface area contributed by atoms with Gasteiger partial charge in [-0.05, 0) is 36.5 Å². The van der Waals surface area contributed by atoms with Crippen molar-refractivity contribution in [2.75, 3.05) is 5.32 Å². The van der Waals surface area contributed by atoms with Gasteiger partial charge in [-0.3, -0.25) is 4.79 Å². The Bertz CT molecular complexity index is 357. The molecule has 0 atom stereocenters. The third kappa shape index (κ3) is 1.79. The van der Waals surface area contributed by atoms with Crippen molar-refractivity contribution in [3.63, 3.8) is 0 Å². The Hall–Kier alpha value is -1.31. The molecule has 0 unspecified atom stereocenters. The maximum absolute atomic E-state index is 11.1. The number of anilines is 1. The van der Waals surface area contributed by atoms with E-state index in [1.165, 1.54) is 11.1 Å². The second-order valence-electron chi connectivity index (χ2n) is 3.58. The van der Waals surface area contributed by atoms with E-state index >= 15 is 0 Å². The quantitative estimate of drug-likeness (QED) is 0.759.